The first-order valence-corrected chi connectivity index (χ1v) is 3.58. The number of hydrogen-bond acceptors (Lipinski definition) is 5. The minimum atomic E-state index is -0.463. The van der Waals surface area contributed by atoms with Crippen molar-refractivity contribution in [3.8, 4) is 0 Å². The van der Waals surface area contributed by atoms with E-state index in [1.165, 1.54) is 13.3 Å². The summed E-state index contributed by atoms with van der Waals surface area (Å²) in [5.74, 6) is 0.0306. The third-order valence-corrected chi connectivity index (χ3v) is 1.33. The fourth-order valence-electron chi connectivity index (χ4n) is 0.711. The van der Waals surface area contributed by atoms with Gasteiger partial charge in [-0.1, -0.05) is 0 Å². The summed E-state index contributed by atoms with van der Waals surface area (Å²) in [5.41, 5.74) is -0.463. The first kappa shape index (κ1) is 9.24. The predicted molar refractivity (Wildman–Crippen MR) is 45.4 cm³/mol. The number of carbonyl (C=O) groups is 1. The Morgan fingerprint density at radius 3 is 3.15 bits per heavy atom. The molecule has 2 N–H and O–H groups in total. The summed E-state index contributed by atoms with van der Waals surface area (Å²) in [4.78, 5) is 27.2. The summed E-state index contributed by atoms with van der Waals surface area (Å²) >= 11 is 0. The van der Waals surface area contributed by atoms with Gasteiger partial charge in [-0.15, -0.1) is 0 Å². The van der Waals surface area contributed by atoms with Gasteiger partial charge in [-0.3, -0.25) is 9.78 Å². The molecule has 0 aliphatic heterocycles. The first-order chi connectivity index (χ1) is 6.22. The SMILES string of the molecule is COC(=O)CNc1ccnc(=O)[nH]1. The van der Waals surface area contributed by atoms with Gasteiger partial charge in [0.05, 0.1) is 7.11 Å². The Balaban J connectivity index is 2.55. The monoisotopic (exact) mass is 183 g/mol. The van der Waals surface area contributed by atoms with Crippen LogP contribution in [0, 0.1) is 0 Å². The van der Waals surface area contributed by atoms with Gasteiger partial charge in [0.25, 0.3) is 0 Å². The second-order valence-corrected chi connectivity index (χ2v) is 2.22. The molecular formula is C7H9N3O3. The maximum Gasteiger partial charge on any atom is 0.346 e. The number of ether oxygens (including phenoxy) is 1. The van der Waals surface area contributed by atoms with Crippen molar-refractivity contribution in [2.45, 2.75) is 0 Å². The second-order valence-electron chi connectivity index (χ2n) is 2.22. The van der Waals surface area contributed by atoms with Crippen LogP contribution in [0.2, 0.25) is 0 Å². The van der Waals surface area contributed by atoms with E-state index in [9.17, 15) is 9.59 Å². The van der Waals surface area contributed by atoms with Crippen LogP contribution in [0.25, 0.3) is 0 Å². The van der Waals surface area contributed by atoms with E-state index in [1.807, 2.05) is 0 Å². The molecule has 0 fully saturated rings. The van der Waals surface area contributed by atoms with Crippen molar-refractivity contribution < 1.29 is 9.53 Å². The molecular weight excluding hydrogens is 174 g/mol. The zero-order valence-corrected chi connectivity index (χ0v) is 7.03. The molecule has 0 amide bonds. The number of carbonyl (C=O) groups excluding carboxylic acids is 1. The van der Waals surface area contributed by atoms with Gasteiger partial charge in [0.15, 0.2) is 0 Å². The maximum atomic E-state index is 10.7. The highest BCUT2D eigenvalue weighted by atomic mass is 16.5. The summed E-state index contributed by atoms with van der Waals surface area (Å²) in [5, 5.41) is 2.67. The minimum Gasteiger partial charge on any atom is -0.468 e. The number of H-pyrrole nitrogens is 1. The number of aromatic amines is 1. The van der Waals surface area contributed by atoms with E-state index in [2.05, 4.69) is 20.0 Å². The molecule has 0 spiro atoms. The summed E-state index contributed by atoms with van der Waals surface area (Å²) in [7, 11) is 1.29. The van der Waals surface area contributed by atoms with Crippen LogP contribution in [0.4, 0.5) is 5.82 Å². The smallest absolute Gasteiger partial charge is 0.346 e. The number of nitrogens with one attached hydrogen (secondary N) is 2. The molecule has 6 heteroatoms. The Morgan fingerprint density at radius 1 is 1.77 bits per heavy atom. The second kappa shape index (κ2) is 4.24. The van der Waals surface area contributed by atoms with Crippen LogP contribution in [-0.2, 0) is 9.53 Å². The first-order valence-electron chi connectivity index (χ1n) is 3.58. The molecule has 1 aromatic rings. The van der Waals surface area contributed by atoms with Gasteiger partial charge in [-0.25, -0.2) is 9.78 Å². The van der Waals surface area contributed by atoms with E-state index in [-0.39, 0.29) is 6.54 Å². The zero-order chi connectivity index (χ0) is 9.68. The van der Waals surface area contributed by atoms with Crippen LogP contribution in [0.1, 0.15) is 0 Å². The summed E-state index contributed by atoms with van der Waals surface area (Å²) in [6, 6.07) is 1.55. The molecule has 1 aromatic heterocycles. The lowest BCUT2D eigenvalue weighted by molar-refractivity contribution is -0.138. The van der Waals surface area contributed by atoms with Crippen LogP contribution in [-0.4, -0.2) is 29.6 Å². The van der Waals surface area contributed by atoms with Crippen molar-refractivity contribution in [1.82, 2.24) is 9.97 Å². The van der Waals surface area contributed by atoms with E-state index in [0.29, 0.717) is 5.82 Å². The molecule has 13 heavy (non-hydrogen) atoms. The van der Waals surface area contributed by atoms with Crippen molar-refractivity contribution in [2.24, 2.45) is 0 Å². The number of esters is 1. The van der Waals surface area contributed by atoms with Gasteiger partial charge in [0.2, 0.25) is 0 Å². The number of hydrogen-bond donors (Lipinski definition) is 2. The Labute approximate surface area is 74.0 Å². The average molecular weight is 183 g/mol. The lowest BCUT2D eigenvalue weighted by atomic mass is 10.5. The van der Waals surface area contributed by atoms with E-state index >= 15 is 0 Å². The highest BCUT2D eigenvalue weighted by Gasteiger charge is 1.99. The standard InChI is InChI=1S/C7H9N3O3/c1-13-6(11)4-9-5-2-3-8-7(12)10-5/h2-3H,4H2,1H3,(H2,8,9,10,12). The highest BCUT2D eigenvalue weighted by molar-refractivity contribution is 5.74. The molecule has 6 nitrogen and oxygen atoms in total. The van der Waals surface area contributed by atoms with Crippen LogP contribution in [0.3, 0.4) is 0 Å². The number of nitrogens with zero attached hydrogens (tertiary/aromatic N) is 1. The molecule has 0 aliphatic rings. The molecule has 1 heterocycles. The van der Waals surface area contributed by atoms with Gasteiger partial charge >= 0.3 is 11.7 Å². The fourth-order valence-corrected chi connectivity index (χ4v) is 0.711. The molecule has 0 aliphatic carbocycles. The van der Waals surface area contributed by atoms with Crippen molar-refractivity contribution in [2.75, 3.05) is 19.0 Å². The van der Waals surface area contributed by atoms with Gasteiger partial charge in [-0.05, 0) is 6.07 Å². The average Bonchev–Trinajstić information content (AvgIpc) is 2.14. The van der Waals surface area contributed by atoms with Crippen molar-refractivity contribution >= 4 is 11.8 Å². The third kappa shape index (κ3) is 2.94. The van der Waals surface area contributed by atoms with Gasteiger partial charge in [-0.2, -0.15) is 0 Å². The Bertz CT molecular complexity index is 347. The van der Waals surface area contributed by atoms with Gasteiger partial charge in [0.1, 0.15) is 12.4 Å². The van der Waals surface area contributed by atoms with Crippen molar-refractivity contribution in [3.05, 3.63) is 22.7 Å². The van der Waals surface area contributed by atoms with Crippen LogP contribution in [0.15, 0.2) is 17.1 Å². The number of methoxy groups -OCH3 is 1. The van der Waals surface area contributed by atoms with E-state index in [4.69, 9.17) is 0 Å². The van der Waals surface area contributed by atoms with Crippen LogP contribution < -0.4 is 11.0 Å². The topological polar surface area (TPSA) is 84.1 Å². The fraction of sp³-hybridized carbons (Fsp3) is 0.286. The predicted octanol–water partition coefficient (Wildman–Crippen LogP) is -0.645. The maximum absolute atomic E-state index is 10.7. The summed E-state index contributed by atoms with van der Waals surface area (Å²) < 4.78 is 4.39. The number of aromatic nitrogens is 2. The van der Waals surface area contributed by atoms with Crippen molar-refractivity contribution in [3.63, 3.8) is 0 Å². The quantitative estimate of drug-likeness (QED) is 0.608. The molecule has 0 atom stereocenters. The largest absolute Gasteiger partial charge is 0.468 e. The van der Waals surface area contributed by atoms with E-state index < -0.39 is 11.7 Å². The Hall–Kier alpha value is -1.85. The molecule has 1 rings (SSSR count). The molecule has 0 unspecified atom stereocenters. The Morgan fingerprint density at radius 2 is 2.54 bits per heavy atom. The zero-order valence-electron chi connectivity index (χ0n) is 7.03. The molecule has 0 bridgehead atoms. The molecule has 0 saturated carbocycles. The normalized spacial score (nSPS) is 9.31. The van der Waals surface area contributed by atoms with E-state index in [1.54, 1.807) is 6.07 Å². The lowest BCUT2D eigenvalue weighted by Crippen LogP contribution is -2.18. The summed E-state index contributed by atoms with van der Waals surface area (Å²) in [6.07, 6.45) is 1.35. The van der Waals surface area contributed by atoms with Gasteiger partial charge < -0.3 is 10.1 Å². The Kier molecular flexibility index (Phi) is 3.02. The van der Waals surface area contributed by atoms with Crippen molar-refractivity contribution in [1.29, 1.82) is 0 Å². The number of anilines is 1. The van der Waals surface area contributed by atoms with Crippen LogP contribution >= 0.6 is 0 Å². The minimum absolute atomic E-state index is 0.0104. The van der Waals surface area contributed by atoms with E-state index in [0.717, 1.165) is 0 Å². The summed E-state index contributed by atoms with van der Waals surface area (Å²) in [6.45, 7) is 0.0104. The van der Waals surface area contributed by atoms with Gasteiger partial charge in [0, 0.05) is 6.20 Å². The molecule has 0 radical (unpaired) electrons. The molecule has 0 aromatic carbocycles. The highest BCUT2D eigenvalue weighted by Crippen LogP contribution is 1.94. The molecule has 70 valence electrons. The lowest BCUT2D eigenvalue weighted by Gasteiger charge is -2.02. The third-order valence-electron chi connectivity index (χ3n) is 1.33. The molecule has 0 saturated heterocycles. The van der Waals surface area contributed by atoms with Crippen LogP contribution in [0.5, 0.6) is 0 Å². The number of rotatable bonds is 3.